The number of carbonyl (C=O) groups excluding carboxylic acids is 2. The monoisotopic (exact) mass is 631 g/mol. The van der Waals surface area contributed by atoms with Gasteiger partial charge in [-0.3, -0.25) is 13.9 Å². The van der Waals surface area contributed by atoms with Crippen molar-refractivity contribution >= 4 is 39.1 Å². The Labute approximate surface area is 265 Å². The Hall–Kier alpha value is -4.14. The van der Waals surface area contributed by atoms with Crippen LogP contribution in [-0.4, -0.2) is 44.3 Å². The van der Waals surface area contributed by atoms with Crippen molar-refractivity contribution in [1.82, 2.24) is 10.2 Å². The number of sulfonamides is 1. The van der Waals surface area contributed by atoms with Crippen molar-refractivity contribution in [2.24, 2.45) is 0 Å². The molecule has 7 nitrogen and oxygen atoms in total. The fourth-order valence-electron chi connectivity index (χ4n) is 5.03. The van der Waals surface area contributed by atoms with Crippen molar-refractivity contribution < 1.29 is 18.0 Å². The third kappa shape index (κ3) is 7.68. The van der Waals surface area contributed by atoms with Crippen LogP contribution >= 0.6 is 11.6 Å². The van der Waals surface area contributed by atoms with Crippen molar-refractivity contribution in [2.45, 2.75) is 51.6 Å². The summed E-state index contributed by atoms with van der Waals surface area (Å²) in [4.78, 5) is 29.7. The minimum Gasteiger partial charge on any atom is -0.355 e. The van der Waals surface area contributed by atoms with Gasteiger partial charge in [0.05, 0.1) is 10.6 Å². The summed E-state index contributed by atoms with van der Waals surface area (Å²) in [5, 5.41) is 3.26. The predicted molar refractivity (Wildman–Crippen MR) is 176 cm³/mol. The SMILES string of the molecule is CCNC(=O)[C@H](Cc1ccccc1)N(Cc1ccccc1C)C(=O)CN(c1cccc(Cl)c1C)S(=O)(=O)c1ccc(C)cc1. The van der Waals surface area contributed by atoms with Crippen LogP contribution < -0.4 is 9.62 Å². The number of benzene rings is 4. The molecule has 0 saturated carbocycles. The standard InChI is InChI=1S/C35H38ClN3O4S/c1-5-37-35(41)33(22-28-13-7-6-8-14-28)38(23-29-15-10-9-12-26(29)3)34(40)24-39(32-17-11-16-31(36)27(32)4)44(42,43)30-20-18-25(2)19-21-30/h6-21,33H,5,22-24H2,1-4H3,(H,37,41)/t33-/m0/s1. The zero-order valence-electron chi connectivity index (χ0n) is 25.5. The molecule has 0 bridgehead atoms. The molecule has 0 aromatic heterocycles. The molecule has 230 valence electrons. The number of hydrogen-bond donors (Lipinski definition) is 1. The number of hydrogen-bond acceptors (Lipinski definition) is 4. The zero-order chi connectivity index (χ0) is 31.9. The van der Waals surface area contributed by atoms with Crippen LogP contribution in [0.2, 0.25) is 5.02 Å². The van der Waals surface area contributed by atoms with Crippen LogP contribution in [0.4, 0.5) is 5.69 Å². The first-order valence-corrected chi connectivity index (χ1v) is 16.3. The molecule has 1 atom stereocenters. The molecule has 9 heteroatoms. The Balaban J connectivity index is 1.84. The summed E-state index contributed by atoms with van der Waals surface area (Å²) in [6.45, 7) is 7.32. The number of anilines is 1. The number of nitrogens with one attached hydrogen (secondary N) is 1. The first kappa shape index (κ1) is 32.8. The molecular weight excluding hydrogens is 594 g/mol. The van der Waals surface area contributed by atoms with E-state index in [1.807, 2.05) is 75.4 Å². The van der Waals surface area contributed by atoms with Crippen LogP contribution in [0.15, 0.2) is 102 Å². The van der Waals surface area contributed by atoms with Crippen molar-refractivity contribution in [1.29, 1.82) is 0 Å². The number of amides is 2. The Morgan fingerprint density at radius 2 is 1.50 bits per heavy atom. The quantitative estimate of drug-likeness (QED) is 0.201. The van der Waals surface area contributed by atoms with E-state index in [4.69, 9.17) is 11.6 Å². The molecule has 1 N–H and O–H groups in total. The lowest BCUT2D eigenvalue weighted by atomic mass is 10.0. The molecule has 0 aliphatic rings. The molecule has 0 radical (unpaired) electrons. The largest absolute Gasteiger partial charge is 0.355 e. The van der Waals surface area contributed by atoms with E-state index < -0.39 is 28.5 Å². The van der Waals surface area contributed by atoms with Crippen LogP contribution in [0, 0.1) is 20.8 Å². The van der Waals surface area contributed by atoms with Crippen molar-refractivity contribution in [3.05, 3.63) is 130 Å². The Kier molecular flexibility index (Phi) is 10.8. The van der Waals surface area contributed by atoms with Gasteiger partial charge in [-0.15, -0.1) is 0 Å². The second-order valence-corrected chi connectivity index (χ2v) is 13.0. The molecule has 0 aliphatic carbocycles. The average molecular weight is 632 g/mol. The topological polar surface area (TPSA) is 86.8 Å². The molecule has 0 fully saturated rings. The zero-order valence-corrected chi connectivity index (χ0v) is 27.0. The fourth-order valence-corrected chi connectivity index (χ4v) is 6.68. The van der Waals surface area contributed by atoms with Gasteiger partial charge >= 0.3 is 0 Å². The highest BCUT2D eigenvalue weighted by Crippen LogP contribution is 2.31. The lowest BCUT2D eigenvalue weighted by Crippen LogP contribution is -2.53. The molecule has 0 heterocycles. The van der Waals surface area contributed by atoms with Crippen LogP contribution in [0.25, 0.3) is 0 Å². The Morgan fingerprint density at radius 1 is 0.841 bits per heavy atom. The van der Waals surface area contributed by atoms with E-state index in [9.17, 15) is 18.0 Å². The molecule has 4 rings (SSSR count). The number of halogens is 1. The molecule has 4 aromatic carbocycles. The molecule has 0 spiro atoms. The molecule has 4 aromatic rings. The van der Waals surface area contributed by atoms with Gasteiger partial charge < -0.3 is 10.2 Å². The number of carbonyl (C=O) groups is 2. The summed E-state index contributed by atoms with van der Waals surface area (Å²) < 4.78 is 29.5. The molecule has 0 aliphatic heterocycles. The maximum absolute atomic E-state index is 14.5. The smallest absolute Gasteiger partial charge is 0.264 e. The second-order valence-electron chi connectivity index (χ2n) is 10.8. The van der Waals surface area contributed by atoms with E-state index in [-0.39, 0.29) is 23.8 Å². The molecular formula is C35H38ClN3O4S. The van der Waals surface area contributed by atoms with E-state index in [0.717, 1.165) is 26.6 Å². The Morgan fingerprint density at radius 3 is 2.16 bits per heavy atom. The van der Waals surface area contributed by atoms with Gasteiger partial charge in [0.25, 0.3) is 10.0 Å². The van der Waals surface area contributed by atoms with Gasteiger partial charge in [0.15, 0.2) is 0 Å². The Bertz CT molecular complexity index is 1710. The van der Waals surface area contributed by atoms with E-state index in [0.29, 0.717) is 22.8 Å². The summed E-state index contributed by atoms with van der Waals surface area (Å²) in [7, 11) is -4.21. The average Bonchev–Trinajstić information content (AvgIpc) is 3.01. The van der Waals surface area contributed by atoms with Crippen molar-refractivity contribution in [2.75, 3.05) is 17.4 Å². The highest BCUT2D eigenvalue weighted by Gasteiger charge is 2.35. The van der Waals surface area contributed by atoms with Gasteiger partial charge in [0.2, 0.25) is 11.8 Å². The van der Waals surface area contributed by atoms with Gasteiger partial charge in [-0.1, -0.05) is 90.0 Å². The number of likely N-dealkylation sites (N-methyl/N-ethyl adjacent to an activating group) is 1. The predicted octanol–water partition coefficient (Wildman–Crippen LogP) is 6.24. The van der Waals surface area contributed by atoms with Crippen LogP contribution in [0.5, 0.6) is 0 Å². The fraction of sp³-hybridized carbons (Fsp3) is 0.257. The number of rotatable bonds is 12. The van der Waals surface area contributed by atoms with E-state index in [2.05, 4.69) is 5.32 Å². The first-order valence-electron chi connectivity index (χ1n) is 14.5. The number of nitrogens with zero attached hydrogens (tertiary/aromatic N) is 2. The van der Waals surface area contributed by atoms with Gasteiger partial charge in [-0.05, 0) is 74.2 Å². The lowest BCUT2D eigenvalue weighted by Gasteiger charge is -2.34. The highest BCUT2D eigenvalue weighted by atomic mass is 35.5. The highest BCUT2D eigenvalue weighted by molar-refractivity contribution is 7.92. The minimum atomic E-state index is -4.21. The normalized spacial score (nSPS) is 11.9. The molecule has 0 unspecified atom stereocenters. The summed E-state index contributed by atoms with van der Waals surface area (Å²) in [6, 6.07) is 27.7. The third-order valence-electron chi connectivity index (χ3n) is 7.62. The van der Waals surface area contributed by atoms with Crippen LogP contribution in [-0.2, 0) is 32.6 Å². The first-order chi connectivity index (χ1) is 21.0. The van der Waals surface area contributed by atoms with Crippen LogP contribution in [0.3, 0.4) is 0 Å². The van der Waals surface area contributed by atoms with E-state index in [1.165, 1.54) is 17.0 Å². The van der Waals surface area contributed by atoms with Crippen LogP contribution in [0.1, 0.15) is 34.7 Å². The second kappa shape index (κ2) is 14.6. The molecule has 0 saturated heterocycles. The number of aryl methyl sites for hydroxylation is 2. The van der Waals surface area contributed by atoms with Gasteiger partial charge in [0.1, 0.15) is 12.6 Å². The summed E-state index contributed by atoms with van der Waals surface area (Å²) in [5.74, 6) is -0.833. The van der Waals surface area contributed by atoms with E-state index in [1.54, 1.807) is 37.3 Å². The molecule has 2 amide bonds. The molecule has 44 heavy (non-hydrogen) atoms. The summed E-state index contributed by atoms with van der Waals surface area (Å²) in [5.41, 5.74) is 4.40. The maximum Gasteiger partial charge on any atom is 0.264 e. The van der Waals surface area contributed by atoms with Gasteiger partial charge in [-0.25, -0.2) is 8.42 Å². The van der Waals surface area contributed by atoms with Gasteiger partial charge in [0, 0.05) is 24.5 Å². The van der Waals surface area contributed by atoms with Gasteiger partial charge in [-0.2, -0.15) is 0 Å². The summed E-state index contributed by atoms with van der Waals surface area (Å²) in [6.07, 6.45) is 0.255. The lowest BCUT2D eigenvalue weighted by molar-refractivity contribution is -0.140. The maximum atomic E-state index is 14.5. The third-order valence-corrected chi connectivity index (χ3v) is 9.80. The van der Waals surface area contributed by atoms with Crippen molar-refractivity contribution in [3.63, 3.8) is 0 Å². The van der Waals surface area contributed by atoms with Crippen molar-refractivity contribution in [3.8, 4) is 0 Å². The minimum absolute atomic E-state index is 0.0466. The summed E-state index contributed by atoms with van der Waals surface area (Å²) >= 11 is 6.45. The van der Waals surface area contributed by atoms with E-state index >= 15 is 0 Å².